The molecule has 0 spiro atoms. The van der Waals surface area contributed by atoms with E-state index in [-0.39, 0.29) is 11.3 Å². The molecule has 0 aliphatic heterocycles. The molecule has 2 aromatic rings. The summed E-state index contributed by atoms with van der Waals surface area (Å²) in [5, 5.41) is 18.7. The minimum Gasteiger partial charge on any atom is -0.506 e. The molecule has 0 saturated carbocycles. The van der Waals surface area contributed by atoms with Gasteiger partial charge >= 0.3 is 0 Å². The Morgan fingerprint density at radius 1 is 1.36 bits per heavy atom. The average Bonchev–Trinajstić information content (AvgIpc) is 2.18. The van der Waals surface area contributed by atoms with Gasteiger partial charge in [-0.15, -0.1) is 0 Å². The van der Waals surface area contributed by atoms with E-state index in [1.54, 1.807) is 30.3 Å². The minimum atomic E-state index is -0.566. The second kappa shape index (κ2) is 2.89. The van der Waals surface area contributed by atoms with Crippen LogP contribution in [0.2, 0.25) is 0 Å². The van der Waals surface area contributed by atoms with Crippen molar-refractivity contribution in [3.05, 3.63) is 40.2 Å². The van der Waals surface area contributed by atoms with Gasteiger partial charge in [-0.25, -0.2) is 0 Å². The summed E-state index contributed by atoms with van der Waals surface area (Å²) in [5.41, 5.74) is -0.290. The van der Waals surface area contributed by atoms with Gasteiger partial charge in [0.15, 0.2) is 5.56 Å². The standard InChI is InChI=1S/C10H6N2O2/c11-5-7-9(13)6-3-1-2-4-8(6)12-10(7)14/h1-4H,(H2,12,13,14). The Hall–Kier alpha value is -2.28. The van der Waals surface area contributed by atoms with E-state index in [2.05, 4.69) is 4.98 Å². The van der Waals surface area contributed by atoms with Crippen molar-refractivity contribution in [1.82, 2.24) is 4.98 Å². The van der Waals surface area contributed by atoms with E-state index in [9.17, 15) is 9.90 Å². The molecule has 0 atom stereocenters. The molecule has 0 saturated heterocycles. The van der Waals surface area contributed by atoms with Crippen LogP contribution in [-0.2, 0) is 0 Å². The average molecular weight is 186 g/mol. The summed E-state index contributed by atoms with van der Waals surface area (Å²) >= 11 is 0. The summed E-state index contributed by atoms with van der Waals surface area (Å²) in [6.07, 6.45) is 0. The van der Waals surface area contributed by atoms with Crippen LogP contribution in [0.3, 0.4) is 0 Å². The van der Waals surface area contributed by atoms with E-state index in [1.165, 1.54) is 0 Å². The van der Waals surface area contributed by atoms with Crippen LogP contribution in [0.25, 0.3) is 10.9 Å². The third-order valence-corrected chi connectivity index (χ3v) is 2.01. The molecule has 2 rings (SSSR count). The molecule has 0 unspecified atom stereocenters. The van der Waals surface area contributed by atoms with Crippen molar-refractivity contribution in [3.63, 3.8) is 0 Å². The fourth-order valence-corrected chi connectivity index (χ4v) is 1.33. The summed E-state index contributed by atoms with van der Waals surface area (Å²) < 4.78 is 0. The number of nitrogens with one attached hydrogen (secondary N) is 1. The Kier molecular flexibility index (Phi) is 1.72. The molecular weight excluding hydrogens is 180 g/mol. The van der Waals surface area contributed by atoms with Gasteiger partial charge in [0.05, 0.1) is 5.52 Å². The number of nitrogens with zero attached hydrogens (tertiary/aromatic N) is 1. The predicted octanol–water partition coefficient (Wildman–Crippen LogP) is 1.11. The smallest absolute Gasteiger partial charge is 0.270 e. The second-order valence-electron chi connectivity index (χ2n) is 2.84. The highest BCUT2D eigenvalue weighted by molar-refractivity contribution is 5.86. The van der Waals surface area contributed by atoms with Gasteiger partial charge < -0.3 is 10.1 Å². The van der Waals surface area contributed by atoms with E-state index in [0.29, 0.717) is 10.9 Å². The van der Waals surface area contributed by atoms with E-state index in [4.69, 9.17) is 5.26 Å². The molecule has 0 aliphatic carbocycles. The Balaban J connectivity index is 3.02. The predicted molar refractivity (Wildman–Crippen MR) is 50.9 cm³/mol. The molecule has 68 valence electrons. The van der Waals surface area contributed by atoms with Crippen molar-refractivity contribution >= 4 is 10.9 Å². The summed E-state index contributed by atoms with van der Waals surface area (Å²) in [6.45, 7) is 0. The molecule has 0 bridgehead atoms. The van der Waals surface area contributed by atoms with Crippen molar-refractivity contribution in [2.45, 2.75) is 0 Å². The van der Waals surface area contributed by atoms with Crippen LogP contribution in [0.1, 0.15) is 5.56 Å². The Bertz CT molecular complexity index is 593. The molecular formula is C10H6N2O2. The zero-order valence-corrected chi connectivity index (χ0v) is 7.11. The number of fused-ring (bicyclic) bond motifs is 1. The third-order valence-electron chi connectivity index (χ3n) is 2.01. The molecule has 1 aromatic carbocycles. The van der Waals surface area contributed by atoms with Gasteiger partial charge in [0.25, 0.3) is 5.56 Å². The minimum absolute atomic E-state index is 0.247. The van der Waals surface area contributed by atoms with Crippen molar-refractivity contribution in [2.75, 3.05) is 0 Å². The zero-order chi connectivity index (χ0) is 10.1. The maximum Gasteiger partial charge on any atom is 0.270 e. The fourth-order valence-electron chi connectivity index (χ4n) is 1.33. The number of rotatable bonds is 0. The molecule has 0 aliphatic rings. The SMILES string of the molecule is N#Cc1c(O)c2ccccc2[nH]c1=O. The van der Waals surface area contributed by atoms with Gasteiger partial charge in [-0.1, -0.05) is 12.1 Å². The van der Waals surface area contributed by atoms with Crippen LogP contribution in [-0.4, -0.2) is 10.1 Å². The van der Waals surface area contributed by atoms with E-state index in [0.717, 1.165) is 0 Å². The number of hydrogen-bond donors (Lipinski definition) is 2. The first-order valence-corrected chi connectivity index (χ1v) is 3.98. The number of aromatic amines is 1. The highest BCUT2D eigenvalue weighted by Gasteiger charge is 2.09. The largest absolute Gasteiger partial charge is 0.506 e. The first-order valence-electron chi connectivity index (χ1n) is 3.98. The zero-order valence-electron chi connectivity index (χ0n) is 7.11. The lowest BCUT2D eigenvalue weighted by Gasteiger charge is -2.00. The van der Waals surface area contributed by atoms with Crippen LogP contribution in [0.4, 0.5) is 0 Å². The van der Waals surface area contributed by atoms with Gasteiger partial charge in [0.1, 0.15) is 11.8 Å². The number of aromatic hydroxyl groups is 1. The fraction of sp³-hybridized carbons (Fsp3) is 0. The number of hydrogen-bond acceptors (Lipinski definition) is 3. The van der Waals surface area contributed by atoms with E-state index < -0.39 is 5.56 Å². The number of benzene rings is 1. The quantitative estimate of drug-likeness (QED) is 0.646. The van der Waals surface area contributed by atoms with Crippen LogP contribution >= 0.6 is 0 Å². The molecule has 1 aromatic heterocycles. The van der Waals surface area contributed by atoms with Crippen LogP contribution in [0.5, 0.6) is 5.75 Å². The lowest BCUT2D eigenvalue weighted by atomic mass is 10.1. The van der Waals surface area contributed by atoms with Crippen molar-refractivity contribution in [2.24, 2.45) is 0 Å². The molecule has 0 amide bonds. The van der Waals surface area contributed by atoms with Crippen molar-refractivity contribution in [1.29, 1.82) is 5.26 Å². The first-order chi connectivity index (χ1) is 6.74. The summed E-state index contributed by atoms with van der Waals surface area (Å²) in [7, 11) is 0. The van der Waals surface area contributed by atoms with Gasteiger partial charge in [0, 0.05) is 5.39 Å². The number of para-hydroxylation sites is 1. The molecule has 1 heterocycles. The third kappa shape index (κ3) is 1.04. The molecule has 2 N–H and O–H groups in total. The summed E-state index contributed by atoms with van der Waals surface area (Å²) in [4.78, 5) is 13.8. The number of pyridine rings is 1. The number of nitriles is 1. The van der Waals surface area contributed by atoms with Crippen LogP contribution in [0.15, 0.2) is 29.1 Å². The van der Waals surface area contributed by atoms with Gasteiger partial charge in [-0.05, 0) is 12.1 Å². The lowest BCUT2D eigenvalue weighted by molar-refractivity contribution is 0.478. The monoisotopic (exact) mass is 186 g/mol. The molecule has 0 fully saturated rings. The van der Waals surface area contributed by atoms with Crippen molar-refractivity contribution in [3.8, 4) is 11.8 Å². The molecule has 4 heteroatoms. The highest BCUT2D eigenvalue weighted by Crippen LogP contribution is 2.23. The van der Waals surface area contributed by atoms with E-state index in [1.807, 2.05) is 0 Å². The second-order valence-corrected chi connectivity index (χ2v) is 2.84. The van der Waals surface area contributed by atoms with Crippen LogP contribution in [0, 0.1) is 11.3 Å². The number of aromatic nitrogens is 1. The Morgan fingerprint density at radius 2 is 2.07 bits per heavy atom. The van der Waals surface area contributed by atoms with E-state index >= 15 is 0 Å². The maximum absolute atomic E-state index is 11.2. The highest BCUT2D eigenvalue weighted by atomic mass is 16.3. The van der Waals surface area contributed by atoms with Crippen LogP contribution < -0.4 is 5.56 Å². The topological polar surface area (TPSA) is 76.9 Å². The summed E-state index contributed by atoms with van der Waals surface area (Å²) in [6, 6.07) is 8.43. The normalized spacial score (nSPS) is 9.93. The lowest BCUT2D eigenvalue weighted by Crippen LogP contribution is -2.09. The van der Waals surface area contributed by atoms with Gasteiger partial charge in [0.2, 0.25) is 0 Å². The molecule has 14 heavy (non-hydrogen) atoms. The van der Waals surface area contributed by atoms with Gasteiger partial charge in [-0.3, -0.25) is 4.79 Å². The number of H-pyrrole nitrogens is 1. The maximum atomic E-state index is 11.2. The Labute approximate surface area is 79.0 Å². The van der Waals surface area contributed by atoms with Crippen molar-refractivity contribution < 1.29 is 5.11 Å². The first kappa shape index (κ1) is 8.32. The molecule has 0 radical (unpaired) electrons. The Morgan fingerprint density at radius 3 is 2.79 bits per heavy atom. The van der Waals surface area contributed by atoms with Gasteiger partial charge in [-0.2, -0.15) is 5.26 Å². The summed E-state index contributed by atoms with van der Waals surface area (Å²) in [5.74, 6) is -0.258. The molecule has 4 nitrogen and oxygen atoms in total.